The first kappa shape index (κ1) is 17.8. The lowest BCUT2D eigenvalue weighted by atomic mass is 10.2. The molecule has 27 heavy (non-hydrogen) atoms. The van der Waals surface area contributed by atoms with E-state index in [0.717, 1.165) is 6.20 Å². The lowest BCUT2D eigenvalue weighted by Crippen LogP contribution is -2.11. The molecular weight excluding hydrogens is 360 g/mol. The summed E-state index contributed by atoms with van der Waals surface area (Å²) in [5.74, 6) is 0.335. The Bertz CT molecular complexity index is 1020. The van der Waals surface area contributed by atoms with Crippen molar-refractivity contribution in [3.8, 4) is 17.2 Å². The number of hydrogen-bond acceptors (Lipinski definition) is 9. The van der Waals surface area contributed by atoms with Gasteiger partial charge < -0.3 is 19.0 Å². The van der Waals surface area contributed by atoms with E-state index in [4.69, 9.17) is 14.0 Å². The van der Waals surface area contributed by atoms with Crippen molar-refractivity contribution in [2.75, 3.05) is 0 Å². The van der Waals surface area contributed by atoms with Gasteiger partial charge in [-0.05, 0) is 19.1 Å². The summed E-state index contributed by atoms with van der Waals surface area (Å²) >= 11 is 0. The van der Waals surface area contributed by atoms with E-state index in [-0.39, 0.29) is 29.4 Å². The normalized spacial score (nSPS) is 10.4. The molecule has 3 rings (SSSR count). The smallest absolute Gasteiger partial charge is 0.429 e. The molecule has 2 aromatic heterocycles. The molecule has 0 unspecified atom stereocenters. The van der Waals surface area contributed by atoms with Gasteiger partial charge in [-0.15, -0.1) is 0 Å². The summed E-state index contributed by atoms with van der Waals surface area (Å²) in [6, 6.07) is 4.96. The Kier molecular flexibility index (Phi) is 4.92. The number of benzene rings is 1. The fraction of sp³-hybridized carbons (Fsp3) is 0.125. The van der Waals surface area contributed by atoms with Crippen molar-refractivity contribution >= 4 is 11.8 Å². The van der Waals surface area contributed by atoms with Gasteiger partial charge in [0.1, 0.15) is 18.1 Å². The predicted octanol–water partition coefficient (Wildman–Crippen LogP) is 2.36. The van der Waals surface area contributed by atoms with Crippen LogP contribution in [0.4, 0.5) is 10.5 Å². The maximum absolute atomic E-state index is 11.8. The average molecular weight is 372 g/mol. The molecule has 3 aromatic rings. The first-order valence-electron chi connectivity index (χ1n) is 7.53. The number of nitro groups is 1. The van der Waals surface area contributed by atoms with Crippen molar-refractivity contribution in [1.82, 2.24) is 15.1 Å². The summed E-state index contributed by atoms with van der Waals surface area (Å²) in [6.07, 6.45) is 1.42. The summed E-state index contributed by atoms with van der Waals surface area (Å²) in [7, 11) is 0. The second-order valence-corrected chi connectivity index (χ2v) is 5.26. The van der Waals surface area contributed by atoms with E-state index in [9.17, 15) is 19.7 Å². The molecule has 0 atom stereocenters. The van der Waals surface area contributed by atoms with E-state index >= 15 is 0 Å². The van der Waals surface area contributed by atoms with Crippen LogP contribution in [0.25, 0.3) is 11.5 Å². The SMILES string of the molecule is Cc1noc(-c2c[nH]c(=O)cn2)c1COC(=O)Oc1ccc([N+](=O)[O-])cc1. The van der Waals surface area contributed by atoms with Gasteiger partial charge in [0.05, 0.1) is 22.4 Å². The highest BCUT2D eigenvalue weighted by Gasteiger charge is 2.19. The van der Waals surface area contributed by atoms with Crippen LogP contribution < -0.4 is 10.3 Å². The second kappa shape index (κ2) is 7.47. The van der Waals surface area contributed by atoms with Crippen LogP contribution in [0, 0.1) is 17.0 Å². The monoisotopic (exact) mass is 372 g/mol. The number of non-ortho nitro benzene ring substituents is 1. The third kappa shape index (κ3) is 4.15. The van der Waals surface area contributed by atoms with Gasteiger partial charge in [-0.1, -0.05) is 5.16 Å². The highest BCUT2D eigenvalue weighted by atomic mass is 16.7. The molecule has 11 nitrogen and oxygen atoms in total. The van der Waals surface area contributed by atoms with Crippen LogP contribution in [-0.2, 0) is 11.3 Å². The minimum atomic E-state index is -1.01. The molecule has 0 spiro atoms. The molecule has 138 valence electrons. The zero-order valence-electron chi connectivity index (χ0n) is 13.9. The summed E-state index contributed by atoms with van der Waals surface area (Å²) in [5, 5.41) is 14.4. The quantitative estimate of drug-likeness (QED) is 0.308. The molecule has 0 saturated carbocycles. The standard InChI is InChI=1S/C16H12N4O7/c1-9-12(15(27-19-9)13-6-18-14(21)7-17-13)8-25-16(22)26-11-4-2-10(3-5-11)20(23)24/h2-7H,8H2,1H3,(H,18,21). The van der Waals surface area contributed by atoms with Gasteiger partial charge in [-0.25, -0.2) is 9.78 Å². The Balaban J connectivity index is 1.67. The second-order valence-electron chi connectivity index (χ2n) is 5.26. The maximum atomic E-state index is 11.8. The molecule has 0 radical (unpaired) electrons. The number of carbonyl (C=O) groups excluding carboxylic acids is 1. The van der Waals surface area contributed by atoms with Crippen molar-refractivity contribution in [2.24, 2.45) is 0 Å². The summed E-state index contributed by atoms with van der Waals surface area (Å²) in [5.41, 5.74) is 0.738. The zero-order valence-corrected chi connectivity index (χ0v) is 13.9. The lowest BCUT2D eigenvalue weighted by Gasteiger charge is -2.06. The Hall–Kier alpha value is -4.02. The van der Waals surface area contributed by atoms with Crippen LogP contribution in [0.2, 0.25) is 0 Å². The number of hydrogen-bond donors (Lipinski definition) is 1. The van der Waals surface area contributed by atoms with E-state index in [1.165, 1.54) is 30.5 Å². The summed E-state index contributed by atoms with van der Waals surface area (Å²) in [6.45, 7) is 1.44. The van der Waals surface area contributed by atoms with Crippen LogP contribution in [0.5, 0.6) is 5.75 Å². The molecule has 0 fully saturated rings. The molecule has 0 saturated heterocycles. The Morgan fingerprint density at radius 3 is 2.70 bits per heavy atom. The van der Waals surface area contributed by atoms with Gasteiger partial charge in [0.15, 0.2) is 5.76 Å². The number of rotatable bonds is 5. The fourth-order valence-corrected chi connectivity index (χ4v) is 2.12. The van der Waals surface area contributed by atoms with E-state index in [0.29, 0.717) is 17.0 Å². The minimum absolute atomic E-state index is 0.0927. The van der Waals surface area contributed by atoms with Crippen molar-refractivity contribution in [3.05, 3.63) is 68.4 Å². The number of aromatic amines is 1. The molecule has 0 aliphatic heterocycles. The van der Waals surface area contributed by atoms with E-state index in [2.05, 4.69) is 15.1 Å². The lowest BCUT2D eigenvalue weighted by molar-refractivity contribution is -0.384. The number of nitrogens with zero attached hydrogens (tertiary/aromatic N) is 3. The molecule has 1 aromatic carbocycles. The Morgan fingerprint density at radius 2 is 2.07 bits per heavy atom. The number of ether oxygens (including phenoxy) is 2. The summed E-state index contributed by atoms with van der Waals surface area (Å²) < 4.78 is 15.2. The van der Waals surface area contributed by atoms with Crippen LogP contribution in [0.15, 0.2) is 46.0 Å². The number of nitrogens with one attached hydrogen (secondary N) is 1. The van der Waals surface area contributed by atoms with Crippen LogP contribution in [0.3, 0.4) is 0 Å². The Morgan fingerprint density at radius 1 is 1.33 bits per heavy atom. The number of nitro benzene ring substituents is 1. The number of aryl methyl sites for hydroxylation is 1. The van der Waals surface area contributed by atoms with Crippen LogP contribution in [0.1, 0.15) is 11.3 Å². The fourth-order valence-electron chi connectivity index (χ4n) is 2.12. The zero-order chi connectivity index (χ0) is 19.4. The molecule has 11 heteroatoms. The van der Waals surface area contributed by atoms with Crippen molar-refractivity contribution in [1.29, 1.82) is 0 Å². The van der Waals surface area contributed by atoms with Gasteiger partial charge in [0.25, 0.3) is 11.2 Å². The molecule has 0 aliphatic rings. The highest BCUT2D eigenvalue weighted by Crippen LogP contribution is 2.24. The third-order valence-corrected chi connectivity index (χ3v) is 3.47. The van der Waals surface area contributed by atoms with Crippen molar-refractivity contribution in [3.63, 3.8) is 0 Å². The van der Waals surface area contributed by atoms with Gasteiger partial charge in [-0.3, -0.25) is 14.9 Å². The van der Waals surface area contributed by atoms with Gasteiger partial charge >= 0.3 is 6.16 Å². The molecule has 0 bridgehead atoms. The third-order valence-electron chi connectivity index (χ3n) is 3.47. The van der Waals surface area contributed by atoms with Gasteiger partial charge in [-0.2, -0.15) is 0 Å². The van der Waals surface area contributed by atoms with E-state index in [1.807, 2.05) is 0 Å². The van der Waals surface area contributed by atoms with Gasteiger partial charge in [0.2, 0.25) is 0 Å². The molecule has 1 N–H and O–H groups in total. The minimum Gasteiger partial charge on any atom is -0.429 e. The number of carbonyl (C=O) groups is 1. The Labute approximate surface area is 150 Å². The highest BCUT2D eigenvalue weighted by molar-refractivity contribution is 5.64. The predicted molar refractivity (Wildman–Crippen MR) is 89.0 cm³/mol. The topological polar surface area (TPSA) is 150 Å². The van der Waals surface area contributed by atoms with Crippen molar-refractivity contribution < 1.29 is 23.7 Å². The average Bonchev–Trinajstić information content (AvgIpc) is 3.01. The molecule has 2 heterocycles. The number of aromatic nitrogens is 3. The van der Waals surface area contributed by atoms with Gasteiger partial charge in [0, 0.05) is 18.3 Å². The summed E-state index contributed by atoms with van der Waals surface area (Å²) in [4.78, 5) is 39.4. The van der Waals surface area contributed by atoms with Crippen LogP contribution in [-0.4, -0.2) is 26.2 Å². The van der Waals surface area contributed by atoms with Crippen LogP contribution >= 0.6 is 0 Å². The maximum Gasteiger partial charge on any atom is 0.514 e. The first-order chi connectivity index (χ1) is 12.9. The number of H-pyrrole nitrogens is 1. The van der Waals surface area contributed by atoms with E-state index in [1.54, 1.807) is 6.92 Å². The van der Waals surface area contributed by atoms with Crippen molar-refractivity contribution in [2.45, 2.75) is 13.5 Å². The largest absolute Gasteiger partial charge is 0.514 e. The van der Waals surface area contributed by atoms with E-state index < -0.39 is 11.1 Å². The molecular formula is C16H12N4O7. The molecule has 0 aliphatic carbocycles. The first-order valence-corrected chi connectivity index (χ1v) is 7.53. The molecule has 0 amide bonds.